The maximum absolute atomic E-state index is 12.2. The lowest BCUT2D eigenvalue weighted by molar-refractivity contribution is 0.0187. The molecule has 0 spiro atoms. The molecule has 1 heterocycles. The monoisotopic (exact) mass is 402 g/mol. The number of nitrogens with zero attached hydrogens (tertiary/aromatic N) is 1. The normalized spacial score (nSPS) is 18.8. The molecule has 1 amide bonds. The Hall–Kier alpha value is -0.780. The van der Waals surface area contributed by atoms with E-state index in [0.717, 1.165) is 29.4 Å². The van der Waals surface area contributed by atoms with Gasteiger partial charge in [-0.25, -0.2) is 4.79 Å². The third-order valence-electron chi connectivity index (χ3n) is 3.69. The van der Waals surface area contributed by atoms with Gasteiger partial charge in [-0.05, 0) is 61.2 Å². The minimum atomic E-state index is -0.455. The Labute approximate surface area is 151 Å². The molecular weight excluding hydrogens is 380 g/mol. The van der Waals surface area contributed by atoms with Crippen molar-refractivity contribution in [2.75, 3.05) is 13.1 Å². The van der Waals surface area contributed by atoms with E-state index in [-0.39, 0.29) is 12.1 Å². The van der Waals surface area contributed by atoms with Crippen LogP contribution in [0.3, 0.4) is 0 Å². The van der Waals surface area contributed by atoms with Gasteiger partial charge in [-0.15, -0.1) is 0 Å². The minimum Gasteiger partial charge on any atom is -0.444 e. The average molecular weight is 404 g/mol. The summed E-state index contributed by atoms with van der Waals surface area (Å²) in [5.74, 6) is 0. The third-order valence-corrected chi connectivity index (χ3v) is 5.17. The number of piperidine rings is 1. The van der Waals surface area contributed by atoms with Gasteiger partial charge in [-0.1, -0.05) is 23.7 Å². The SMILES string of the molecule is CC(C)(C)OC(=O)N1CCCC(NCc2cccc(Cl)c2Br)C1. The summed E-state index contributed by atoms with van der Waals surface area (Å²) in [6.45, 7) is 7.82. The van der Waals surface area contributed by atoms with Crippen molar-refractivity contribution < 1.29 is 9.53 Å². The third kappa shape index (κ3) is 5.66. The molecule has 0 bridgehead atoms. The van der Waals surface area contributed by atoms with Gasteiger partial charge in [0.05, 0.1) is 5.02 Å². The Morgan fingerprint density at radius 3 is 2.91 bits per heavy atom. The maximum atomic E-state index is 12.2. The average Bonchev–Trinajstić information content (AvgIpc) is 2.47. The lowest BCUT2D eigenvalue weighted by Crippen LogP contribution is -2.49. The molecule has 23 heavy (non-hydrogen) atoms. The summed E-state index contributed by atoms with van der Waals surface area (Å²) in [4.78, 5) is 14.0. The largest absolute Gasteiger partial charge is 0.444 e. The Morgan fingerprint density at radius 1 is 1.48 bits per heavy atom. The Morgan fingerprint density at radius 2 is 2.22 bits per heavy atom. The highest BCUT2D eigenvalue weighted by Crippen LogP contribution is 2.26. The van der Waals surface area contributed by atoms with Gasteiger partial charge in [0, 0.05) is 30.1 Å². The number of carbonyl (C=O) groups is 1. The number of hydrogen-bond donors (Lipinski definition) is 1. The molecule has 0 saturated carbocycles. The van der Waals surface area contributed by atoms with Crippen LogP contribution in [0.4, 0.5) is 4.79 Å². The number of amides is 1. The van der Waals surface area contributed by atoms with E-state index in [1.807, 2.05) is 39.0 Å². The van der Waals surface area contributed by atoms with Gasteiger partial charge in [-0.2, -0.15) is 0 Å². The van der Waals surface area contributed by atoms with E-state index in [1.165, 1.54) is 0 Å². The predicted molar refractivity (Wildman–Crippen MR) is 96.8 cm³/mol. The second-order valence-electron chi connectivity index (χ2n) is 6.86. The predicted octanol–water partition coefficient (Wildman–Crippen LogP) is 4.59. The summed E-state index contributed by atoms with van der Waals surface area (Å²) in [5.41, 5.74) is 0.662. The molecule has 1 aromatic rings. The topological polar surface area (TPSA) is 41.6 Å². The van der Waals surface area contributed by atoms with Crippen LogP contribution in [0.1, 0.15) is 39.2 Å². The van der Waals surface area contributed by atoms with Gasteiger partial charge in [0.2, 0.25) is 0 Å². The Kier molecular flexibility index (Phi) is 6.34. The molecular formula is C17H24BrClN2O2. The van der Waals surface area contributed by atoms with Gasteiger partial charge < -0.3 is 15.0 Å². The van der Waals surface area contributed by atoms with Crippen LogP contribution < -0.4 is 5.32 Å². The van der Waals surface area contributed by atoms with Crippen LogP contribution in [0.2, 0.25) is 5.02 Å². The standard InChI is InChI=1S/C17H24BrClN2O2/c1-17(2,3)23-16(22)21-9-5-7-13(11-21)20-10-12-6-4-8-14(19)15(12)18/h4,6,8,13,20H,5,7,9-11H2,1-3H3. The quantitative estimate of drug-likeness (QED) is 0.802. The minimum absolute atomic E-state index is 0.229. The van der Waals surface area contributed by atoms with E-state index in [4.69, 9.17) is 16.3 Å². The molecule has 0 aromatic heterocycles. The summed E-state index contributed by atoms with van der Waals surface area (Å²) in [6.07, 6.45) is 1.80. The first kappa shape index (κ1) is 18.6. The Bertz CT molecular complexity index is 560. The van der Waals surface area contributed by atoms with Crippen molar-refractivity contribution in [2.24, 2.45) is 0 Å². The van der Waals surface area contributed by atoms with Crippen LogP contribution in [0.25, 0.3) is 0 Å². The zero-order valence-electron chi connectivity index (χ0n) is 13.9. The van der Waals surface area contributed by atoms with Crippen molar-refractivity contribution in [1.82, 2.24) is 10.2 Å². The van der Waals surface area contributed by atoms with Crippen molar-refractivity contribution in [3.8, 4) is 0 Å². The zero-order valence-corrected chi connectivity index (χ0v) is 16.2. The lowest BCUT2D eigenvalue weighted by atomic mass is 10.1. The zero-order chi connectivity index (χ0) is 17.0. The molecule has 1 aliphatic heterocycles. The number of rotatable bonds is 3. The second kappa shape index (κ2) is 7.86. The fourth-order valence-corrected chi connectivity index (χ4v) is 3.17. The first-order valence-electron chi connectivity index (χ1n) is 7.90. The van der Waals surface area contributed by atoms with E-state index in [2.05, 4.69) is 21.2 Å². The van der Waals surface area contributed by atoms with E-state index in [9.17, 15) is 4.79 Å². The number of halogens is 2. The van der Waals surface area contributed by atoms with Crippen LogP contribution in [0, 0.1) is 0 Å². The van der Waals surface area contributed by atoms with Crippen LogP contribution in [0.15, 0.2) is 22.7 Å². The van der Waals surface area contributed by atoms with E-state index >= 15 is 0 Å². The molecule has 128 valence electrons. The highest BCUT2D eigenvalue weighted by molar-refractivity contribution is 9.10. The molecule has 1 unspecified atom stereocenters. The van der Waals surface area contributed by atoms with E-state index < -0.39 is 5.60 Å². The van der Waals surface area contributed by atoms with Crippen molar-refractivity contribution in [1.29, 1.82) is 0 Å². The first-order valence-corrected chi connectivity index (χ1v) is 9.07. The summed E-state index contributed by atoms with van der Waals surface area (Å²) >= 11 is 9.63. The highest BCUT2D eigenvalue weighted by Gasteiger charge is 2.27. The van der Waals surface area contributed by atoms with Crippen LogP contribution in [0.5, 0.6) is 0 Å². The lowest BCUT2D eigenvalue weighted by Gasteiger charge is -2.34. The molecule has 6 heteroatoms. The van der Waals surface area contributed by atoms with Gasteiger partial charge in [0.15, 0.2) is 0 Å². The fourth-order valence-electron chi connectivity index (χ4n) is 2.58. The smallest absolute Gasteiger partial charge is 0.410 e. The molecule has 2 rings (SSSR count). The van der Waals surface area contributed by atoms with Crippen LogP contribution >= 0.6 is 27.5 Å². The summed E-state index contributed by atoms with van der Waals surface area (Å²) in [6, 6.07) is 6.11. The van der Waals surface area contributed by atoms with E-state index in [0.29, 0.717) is 18.1 Å². The Balaban J connectivity index is 1.89. The van der Waals surface area contributed by atoms with E-state index in [1.54, 1.807) is 4.90 Å². The summed E-state index contributed by atoms with van der Waals surface area (Å²) in [7, 11) is 0. The van der Waals surface area contributed by atoms with Gasteiger partial charge in [0.25, 0.3) is 0 Å². The van der Waals surface area contributed by atoms with Gasteiger partial charge in [0.1, 0.15) is 5.60 Å². The number of nitrogens with one attached hydrogen (secondary N) is 1. The van der Waals surface area contributed by atoms with Crippen molar-refractivity contribution in [2.45, 2.75) is 51.8 Å². The van der Waals surface area contributed by atoms with Crippen molar-refractivity contribution in [3.63, 3.8) is 0 Å². The first-order chi connectivity index (χ1) is 10.8. The molecule has 1 N–H and O–H groups in total. The molecule has 1 saturated heterocycles. The maximum Gasteiger partial charge on any atom is 0.410 e. The van der Waals surface area contributed by atoms with Gasteiger partial charge >= 0.3 is 6.09 Å². The fraction of sp³-hybridized carbons (Fsp3) is 0.588. The number of benzene rings is 1. The number of ether oxygens (including phenoxy) is 1. The molecule has 1 atom stereocenters. The molecule has 4 nitrogen and oxygen atoms in total. The van der Waals surface area contributed by atoms with Crippen molar-refractivity contribution in [3.05, 3.63) is 33.3 Å². The molecule has 1 aromatic carbocycles. The summed E-state index contributed by atoms with van der Waals surface area (Å²) < 4.78 is 6.38. The molecule has 1 fully saturated rings. The number of likely N-dealkylation sites (tertiary alicyclic amines) is 1. The van der Waals surface area contributed by atoms with Crippen LogP contribution in [-0.2, 0) is 11.3 Å². The number of hydrogen-bond acceptors (Lipinski definition) is 3. The summed E-state index contributed by atoms with van der Waals surface area (Å²) in [5, 5.41) is 4.23. The number of carbonyl (C=O) groups excluding carboxylic acids is 1. The molecule has 0 radical (unpaired) electrons. The van der Waals surface area contributed by atoms with Crippen molar-refractivity contribution >= 4 is 33.6 Å². The highest BCUT2D eigenvalue weighted by atomic mass is 79.9. The molecule has 1 aliphatic rings. The molecule has 0 aliphatic carbocycles. The van der Waals surface area contributed by atoms with Gasteiger partial charge in [-0.3, -0.25) is 0 Å². The second-order valence-corrected chi connectivity index (χ2v) is 8.06. The van der Waals surface area contributed by atoms with Crippen LogP contribution in [-0.4, -0.2) is 35.7 Å².